The summed E-state index contributed by atoms with van der Waals surface area (Å²) in [5.41, 5.74) is 9.73. The van der Waals surface area contributed by atoms with Crippen LogP contribution in [0.5, 0.6) is 0 Å². The minimum atomic E-state index is 0.977. The van der Waals surface area contributed by atoms with Crippen molar-refractivity contribution in [2.45, 2.75) is 0 Å². The maximum Gasteiger partial charge on any atom is 0.146 e. The van der Waals surface area contributed by atoms with Crippen LogP contribution in [0.2, 0.25) is 0 Å². The van der Waals surface area contributed by atoms with Gasteiger partial charge in [-0.25, -0.2) is 9.97 Å². The minimum Gasteiger partial charge on any atom is -0.292 e. The summed E-state index contributed by atoms with van der Waals surface area (Å²) >= 11 is 0. The van der Waals surface area contributed by atoms with Crippen LogP contribution in [0.3, 0.4) is 0 Å². The molecular weight excluding hydrogens is 440 g/mol. The van der Waals surface area contributed by atoms with Crippen LogP contribution < -0.4 is 0 Å². The lowest BCUT2D eigenvalue weighted by Crippen LogP contribution is -1.92. The Balaban J connectivity index is 1.48. The predicted molar refractivity (Wildman–Crippen MR) is 148 cm³/mol. The number of nitrogens with zero attached hydrogens (tertiary/aromatic N) is 4. The summed E-state index contributed by atoms with van der Waals surface area (Å²) in [6.45, 7) is 0. The zero-order chi connectivity index (χ0) is 23.4. The number of benzene rings is 4. The van der Waals surface area contributed by atoms with Gasteiger partial charge in [0.15, 0.2) is 0 Å². The van der Waals surface area contributed by atoms with Crippen molar-refractivity contribution in [1.29, 1.82) is 0 Å². The zero-order valence-corrected chi connectivity index (χ0v) is 19.2. The molecule has 0 aliphatic rings. The first-order valence-corrected chi connectivity index (χ1v) is 12.2. The third-order valence-corrected chi connectivity index (χ3v) is 7.63. The van der Waals surface area contributed by atoms with Crippen LogP contribution in [0.4, 0.5) is 0 Å². The Morgan fingerprint density at radius 2 is 1.19 bits per heavy atom. The van der Waals surface area contributed by atoms with Gasteiger partial charge >= 0.3 is 0 Å². The molecule has 166 valence electrons. The van der Waals surface area contributed by atoms with E-state index in [2.05, 4.69) is 118 Å². The maximum atomic E-state index is 5.13. The first kappa shape index (κ1) is 18.4. The molecule has 9 aromatic rings. The fraction of sp³-hybridized carbons (Fsp3) is 0. The van der Waals surface area contributed by atoms with Crippen LogP contribution >= 0.6 is 0 Å². The second kappa shape index (κ2) is 6.37. The van der Waals surface area contributed by atoms with Gasteiger partial charge in [-0.2, -0.15) is 0 Å². The molecule has 0 saturated carbocycles. The maximum absolute atomic E-state index is 5.13. The molecule has 4 heteroatoms. The van der Waals surface area contributed by atoms with E-state index in [4.69, 9.17) is 9.97 Å². The summed E-state index contributed by atoms with van der Waals surface area (Å²) in [6, 6.07) is 38.7. The highest BCUT2D eigenvalue weighted by Crippen LogP contribution is 2.39. The van der Waals surface area contributed by atoms with E-state index in [0.29, 0.717) is 0 Å². The van der Waals surface area contributed by atoms with Crippen molar-refractivity contribution in [3.05, 3.63) is 109 Å². The summed E-state index contributed by atoms with van der Waals surface area (Å²) in [6.07, 6.45) is 0. The van der Waals surface area contributed by atoms with Crippen molar-refractivity contribution >= 4 is 65.8 Å². The molecule has 0 fully saturated rings. The average molecular weight is 459 g/mol. The molecule has 9 rings (SSSR count). The van der Waals surface area contributed by atoms with E-state index in [0.717, 1.165) is 39.1 Å². The van der Waals surface area contributed by atoms with Crippen LogP contribution in [0.15, 0.2) is 109 Å². The monoisotopic (exact) mass is 458 g/mol. The number of rotatable bonds is 1. The van der Waals surface area contributed by atoms with E-state index >= 15 is 0 Å². The minimum absolute atomic E-state index is 0.977. The highest BCUT2D eigenvalue weighted by atomic mass is 15.0. The first-order chi connectivity index (χ1) is 17.9. The van der Waals surface area contributed by atoms with Crippen molar-refractivity contribution in [2.75, 3.05) is 0 Å². The summed E-state index contributed by atoms with van der Waals surface area (Å²) < 4.78 is 4.61. The van der Waals surface area contributed by atoms with Crippen molar-refractivity contribution in [2.24, 2.45) is 0 Å². The quantitative estimate of drug-likeness (QED) is 0.235. The van der Waals surface area contributed by atoms with Crippen molar-refractivity contribution < 1.29 is 0 Å². The highest BCUT2D eigenvalue weighted by molar-refractivity contribution is 6.16. The molecule has 0 unspecified atom stereocenters. The van der Waals surface area contributed by atoms with Gasteiger partial charge in [0, 0.05) is 27.1 Å². The Labute approximate surface area is 205 Å². The number of imidazole rings is 2. The Hall–Kier alpha value is -4.96. The van der Waals surface area contributed by atoms with Crippen LogP contribution in [-0.4, -0.2) is 18.8 Å². The number of pyridine rings is 2. The van der Waals surface area contributed by atoms with Gasteiger partial charge in [-0.1, -0.05) is 78.9 Å². The molecule has 0 spiro atoms. The Morgan fingerprint density at radius 1 is 0.472 bits per heavy atom. The second-order valence-corrected chi connectivity index (χ2v) is 9.50. The fourth-order valence-electron chi connectivity index (χ4n) is 6.12. The smallest absolute Gasteiger partial charge is 0.146 e. The Bertz CT molecular complexity index is 2320. The molecular formula is C32H18N4. The largest absolute Gasteiger partial charge is 0.292 e. The van der Waals surface area contributed by atoms with Crippen LogP contribution in [0.1, 0.15) is 0 Å². The van der Waals surface area contributed by atoms with Gasteiger partial charge in [-0.15, -0.1) is 0 Å². The summed E-state index contributed by atoms with van der Waals surface area (Å²) in [5, 5.41) is 6.09. The number of hydrogen-bond donors (Lipinski definition) is 0. The van der Waals surface area contributed by atoms with Gasteiger partial charge in [0.05, 0.1) is 33.3 Å². The van der Waals surface area contributed by atoms with Crippen molar-refractivity contribution in [3.63, 3.8) is 0 Å². The number of aromatic nitrogens is 4. The average Bonchev–Trinajstić information content (AvgIpc) is 3.62. The van der Waals surface area contributed by atoms with Crippen molar-refractivity contribution in [1.82, 2.24) is 18.8 Å². The van der Waals surface area contributed by atoms with E-state index in [1.54, 1.807) is 0 Å². The number of fused-ring (bicyclic) bond motifs is 11. The van der Waals surface area contributed by atoms with Crippen molar-refractivity contribution in [3.8, 4) is 11.3 Å². The fourth-order valence-corrected chi connectivity index (χ4v) is 6.12. The third-order valence-electron chi connectivity index (χ3n) is 7.63. The van der Waals surface area contributed by atoms with Gasteiger partial charge in [0.1, 0.15) is 11.3 Å². The van der Waals surface area contributed by atoms with Gasteiger partial charge in [0.25, 0.3) is 0 Å². The van der Waals surface area contributed by atoms with Gasteiger partial charge in [0.2, 0.25) is 0 Å². The topological polar surface area (TPSA) is 34.6 Å². The third kappa shape index (κ3) is 2.15. The first-order valence-electron chi connectivity index (χ1n) is 12.2. The molecule has 5 heterocycles. The van der Waals surface area contributed by atoms with Crippen LogP contribution in [0.25, 0.3) is 77.1 Å². The van der Waals surface area contributed by atoms with Gasteiger partial charge in [-0.3, -0.25) is 8.80 Å². The molecule has 0 radical (unpaired) electrons. The van der Waals surface area contributed by atoms with E-state index in [1.807, 2.05) is 0 Å². The molecule has 4 aromatic carbocycles. The normalized spacial score (nSPS) is 12.4. The predicted octanol–water partition coefficient (Wildman–Crippen LogP) is 7.85. The second-order valence-electron chi connectivity index (χ2n) is 9.50. The molecule has 0 atom stereocenters. The SMILES string of the molecule is c1ccc2c(c1)nc1c3ccccc3c3ccc(-c4nc5cccc6c7ccccc7c4n56)cc3n21. The highest BCUT2D eigenvalue weighted by Gasteiger charge is 2.20. The van der Waals surface area contributed by atoms with Crippen LogP contribution in [-0.2, 0) is 0 Å². The number of hydrogen-bond acceptors (Lipinski definition) is 2. The van der Waals surface area contributed by atoms with E-state index in [1.165, 1.54) is 38.0 Å². The lowest BCUT2D eigenvalue weighted by molar-refractivity contribution is 1.30. The molecule has 0 amide bonds. The summed E-state index contributed by atoms with van der Waals surface area (Å²) in [4.78, 5) is 10.2. The summed E-state index contributed by atoms with van der Waals surface area (Å²) in [5.74, 6) is 0. The Kier molecular flexibility index (Phi) is 3.25. The zero-order valence-electron chi connectivity index (χ0n) is 19.2. The van der Waals surface area contributed by atoms with E-state index < -0.39 is 0 Å². The molecule has 5 aromatic heterocycles. The molecule has 0 aliphatic carbocycles. The van der Waals surface area contributed by atoms with Crippen LogP contribution in [0, 0.1) is 0 Å². The van der Waals surface area contributed by atoms with E-state index in [-0.39, 0.29) is 0 Å². The van der Waals surface area contributed by atoms with Gasteiger partial charge in [-0.05, 0) is 35.7 Å². The standard InChI is InChI=1S/C32H18N4/c1-4-11-24-20(8-1)22-17-16-19(18-28(22)35-27-13-6-5-12-25(27)33-32(24)35)30-31-23-10-3-2-9-21(23)26-14-7-15-29(34-30)36(26)31/h1-18H. The van der Waals surface area contributed by atoms with E-state index in [9.17, 15) is 0 Å². The summed E-state index contributed by atoms with van der Waals surface area (Å²) in [7, 11) is 0. The van der Waals surface area contributed by atoms with Gasteiger partial charge < -0.3 is 0 Å². The molecule has 4 nitrogen and oxygen atoms in total. The Morgan fingerprint density at radius 3 is 2.11 bits per heavy atom. The lowest BCUT2D eigenvalue weighted by atomic mass is 10.0. The number of para-hydroxylation sites is 2. The molecule has 0 N–H and O–H groups in total. The lowest BCUT2D eigenvalue weighted by Gasteiger charge is -2.10. The molecule has 0 aliphatic heterocycles. The molecule has 0 bridgehead atoms. The molecule has 36 heavy (non-hydrogen) atoms. The molecule has 0 saturated heterocycles.